The van der Waals surface area contributed by atoms with Crippen molar-refractivity contribution in [3.63, 3.8) is 0 Å². The highest BCUT2D eigenvalue weighted by Crippen LogP contribution is 2.19. The van der Waals surface area contributed by atoms with Gasteiger partial charge in [0, 0.05) is 18.5 Å². The molecule has 1 heterocycles. The summed E-state index contributed by atoms with van der Waals surface area (Å²) in [7, 11) is 0. The van der Waals surface area contributed by atoms with E-state index in [1.165, 1.54) is 0 Å². The van der Waals surface area contributed by atoms with Crippen LogP contribution in [0, 0.1) is 11.6 Å². The molecule has 0 saturated carbocycles. The average molecular weight is 212 g/mol. The van der Waals surface area contributed by atoms with E-state index in [4.69, 9.17) is 10.6 Å². The van der Waals surface area contributed by atoms with Crippen LogP contribution in [0.3, 0.4) is 0 Å². The molecule has 3 nitrogen and oxygen atoms in total. The third kappa shape index (κ3) is 1.97. The van der Waals surface area contributed by atoms with Crippen LogP contribution in [0.2, 0.25) is 0 Å². The number of hydrogen-bond acceptors (Lipinski definition) is 3. The van der Waals surface area contributed by atoms with Crippen LogP contribution in [0.1, 0.15) is 12.0 Å². The minimum atomic E-state index is -0.503. The third-order valence-electron chi connectivity index (χ3n) is 2.24. The molecule has 1 unspecified atom stereocenters. The first kappa shape index (κ1) is 10.0. The fraction of sp³-hybridized carbons (Fsp3) is 0.300. The van der Waals surface area contributed by atoms with E-state index in [9.17, 15) is 8.78 Å². The van der Waals surface area contributed by atoms with Crippen LogP contribution >= 0.6 is 0 Å². The van der Waals surface area contributed by atoms with Crippen LogP contribution in [0.4, 0.5) is 8.78 Å². The van der Waals surface area contributed by atoms with Gasteiger partial charge >= 0.3 is 0 Å². The summed E-state index contributed by atoms with van der Waals surface area (Å²) >= 11 is 0. The molecule has 0 aromatic heterocycles. The highest BCUT2D eigenvalue weighted by molar-refractivity contribution is 6.01. The van der Waals surface area contributed by atoms with Gasteiger partial charge in [0.15, 0.2) is 0 Å². The lowest BCUT2D eigenvalue weighted by Gasteiger charge is -2.03. The lowest BCUT2D eigenvalue weighted by atomic mass is 10.0. The van der Waals surface area contributed by atoms with Gasteiger partial charge in [0.2, 0.25) is 0 Å². The molecule has 1 aliphatic heterocycles. The first-order chi connectivity index (χ1) is 7.20. The zero-order valence-electron chi connectivity index (χ0n) is 7.91. The van der Waals surface area contributed by atoms with E-state index in [-0.39, 0.29) is 11.7 Å². The van der Waals surface area contributed by atoms with E-state index >= 15 is 0 Å². The smallest absolute Gasteiger partial charge is 0.145 e. The number of nitrogens with zero attached hydrogens (tertiary/aromatic N) is 1. The van der Waals surface area contributed by atoms with Gasteiger partial charge in [-0.05, 0) is 18.2 Å². The summed E-state index contributed by atoms with van der Waals surface area (Å²) in [6.45, 7) is 0.309. The van der Waals surface area contributed by atoms with Crippen molar-refractivity contribution >= 4 is 5.71 Å². The Kier molecular flexibility index (Phi) is 2.64. The predicted molar refractivity (Wildman–Crippen MR) is 51.4 cm³/mol. The molecule has 2 rings (SSSR count). The molecule has 0 aliphatic carbocycles. The van der Waals surface area contributed by atoms with Gasteiger partial charge in [0.25, 0.3) is 0 Å². The van der Waals surface area contributed by atoms with E-state index in [1.807, 2.05) is 0 Å². The Balaban J connectivity index is 2.27. The number of rotatable bonds is 2. The molecule has 1 aromatic rings. The van der Waals surface area contributed by atoms with Crippen LogP contribution < -0.4 is 5.73 Å². The number of benzene rings is 1. The second-order valence-electron chi connectivity index (χ2n) is 3.33. The quantitative estimate of drug-likeness (QED) is 0.805. The van der Waals surface area contributed by atoms with Gasteiger partial charge in [0.05, 0.1) is 5.71 Å². The molecule has 80 valence electrons. The topological polar surface area (TPSA) is 47.6 Å². The predicted octanol–water partition coefficient (Wildman–Crippen LogP) is 1.42. The van der Waals surface area contributed by atoms with Crippen LogP contribution in [0.15, 0.2) is 23.4 Å². The van der Waals surface area contributed by atoms with E-state index in [0.717, 1.165) is 18.2 Å². The SMILES string of the molecule is NCC1CC(c2cc(F)ccc2F)=NO1. The van der Waals surface area contributed by atoms with Crippen molar-refractivity contribution in [3.8, 4) is 0 Å². The summed E-state index contributed by atoms with van der Waals surface area (Å²) in [6, 6.07) is 3.25. The Hall–Kier alpha value is -1.49. The first-order valence-corrected chi connectivity index (χ1v) is 4.59. The molecule has 0 amide bonds. The summed E-state index contributed by atoms with van der Waals surface area (Å²) in [5.41, 5.74) is 5.93. The van der Waals surface area contributed by atoms with Gasteiger partial charge in [-0.3, -0.25) is 0 Å². The molecular weight excluding hydrogens is 202 g/mol. The van der Waals surface area contributed by atoms with Crippen molar-refractivity contribution in [2.45, 2.75) is 12.5 Å². The largest absolute Gasteiger partial charge is 0.390 e. The number of hydrogen-bond donors (Lipinski definition) is 1. The van der Waals surface area contributed by atoms with Gasteiger partial charge < -0.3 is 10.6 Å². The number of halogens is 2. The molecule has 0 saturated heterocycles. The van der Waals surface area contributed by atoms with E-state index in [1.54, 1.807) is 0 Å². The van der Waals surface area contributed by atoms with Crippen molar-refractivity contribution in [1.29, 1.82) is 0 Å². The van der Waals surface area contributed by atoms with E-state index < -0.39 is 11.6 Å². The minimum Gasteiger partial charge on any atom is -0.390 e. The Bertz CT molecular complexity index is 406. The summed E-state index contributed by atoms with van der Waals surface area (Å²) in [6.07, 6.45) is 0.180. The molecule has 1 aromatic carbocycles. The lowest BCUT2D eigenvalue weighted by Crippen LogP contribution is -2.20. The first-order valence-electron chi connectivity index (χ1n) is 4.59. The lowest BCUT2D eigenvalue weighted by molar-refractivity contribution is 0.0918. The van der Waals surface area contributed by atoms with Gasteiger partial charge in [-0.25, -0.2) is 8.78 Å². The van der Waals surface area contributed by atoms with Crippen LogP contribution in [-0.2, 0) is 4.84 Å². The normalized spacial score (nSPS) is 19.9. The van der Waals surface area contributed by atoms with E-state index in [2.05, 4.69) is 5.16 Å². The Morgan fingerprint density at radius 3 is 2.93 bits per heavy atom. The Morgan fingerprint density at radius 1 is 1.47 bits per heavy atom. The molecule has 0 fully saturated rings. The molecule has 0 spiro atoms. The van der Waals surface area contributed by atoms with Crippen molar-refractivity contribution in [2.24, 2.45) is 10.9 Å². The zero-order valence-corrected chi connectivity index (χ0v) is 7.91. The van der Waals surface area contributed by atoms with Crippen LogP contribution in [0.5, 0.6) is 0 Å². The van der Waals surface area contributed by atoms with Gasteiger partial charge in [-0.1, -0.05) is 5.16 Å². The van der Waals surface area contributed by atoms with Crippen molar-refractivity contribution in [2.75, 3.05) is 6.54 Å². The number of nitrogens with two attached hydrogens (primary N) is 1. The summed E-state index contributed by atoms with van der Waals surface area (Å²) < 4.78 is 26.2. The summed E-state index contributed by atoms with van der Waals surface area (Å²) in [5, 5.41) is 3.69. The molecule has 1 atom stereocenters. The van der Waals surface area contributed by atoms with Crippen molar-refractivity contribution in [3.05, 3.63) is 35.4 Å². The maximum atomic E-state index is 13.3. The molecular formula is C10H10F2N2O. The van der Waals surface area contributed by atoms with E-state index in [0.29, 0.717) is 18.7 Å². The van der Waals surface area contributed by atoms with Gasteiger partial charge in [0.1, 0.15) is 17.7 Å². The van der Waals surface area contributed by atoms with Gasteiger partial charge in [-0.2, -0.15) is 0 Å². The minimum absolute atomic E-state index is 0.144. The van der Waals surface area contributed by atoms with Crippen LogP contribution in [-0.4, -0.2) is 18.4 Å². The van der Waals surface area contributed by atoms with Crippen molar-refractivity contribution < 1.29 is 13.6 Å². The zero-order chi connectivity index (χ0) is 10.8. The average Bonchev–Trinajstić information content (AvgIpc) is 2.70. The third-order valence-corrected chi connectivity index (χ3v) is 2.24. The second kappa shape index (κ2) is 3.94. The monoisotopic (exact) mass is 212 g/mol. The highest BCUT2D eigenvalue weighted by Gasteiger charge is 2.23. The number of oxime groups is 1. The Labute approximate surface area is 85.5 Å². The molecule has 5 heteroatoms. The molecule has 1 aliphatic rings. The second-order valence-corrected chi connectivity index (χ2v) is 3.33. The maximum absolute atomic E-state index is 13.3. The molecule has 2 N–H and O–H groups in total. The van der Waals surface area contributed by atoms with Gasteiger partial charge in [-0.15, -0.1) is 0 Å². The fourth-order valence-corrected chi connectivity index (χ4v) is 1.43. The summed E-state index contributed by atoms with van der Waals surface area (Å²) in [5.74, 6) is -0.998. The fourth-order valence-electron chi connectivity index (χ4n) is 1.43. The summed E-state index contributed by atoms with van der Waals surface area (Å²) in [4.78, 5) is 4.94. The van der Waals surface area contributed by atoms with Crippen LogP contribution in [0.25, 0.3) is 0 Å². The molecule has 15 heavy (non-hydrogen) atoms. The molecule has 0 radical (unpaired) electrons. The highest BCUT2D eigenvalue weighted by atomic mass is 19.1. The van der Waals surface area contributed by atoms with Crippen molar-refractivity contribution in [1.82, 2.24) is 0 Å². The maximum Gasteiger partial charge on any atom is 0.145 e. The molecule has 0 bridgehead atoms. The Morgan fingerprint density at radius 2 is 2.27 bits per heavy atom. The standard InChI is InChI=1S/C10H10F2N2O/c11-6-1-2-9(12)8(3-6)10-4-7(5-13)15-14-10/h1-3,7H,4-5,13H2.